The van der Waals surface area contributed by atoms with E-state index in [1.54, 1.807) is 8.97 Å². The molecule has 23 heavy (non-hydrogen) atoms. The van der Waals surface area contributed by atoms with Crippen molar-refractivity contribution >= 4 is 28.9 Å². The average Bonchev–Trinajstić information content (AvgIpc) is 2.91. The molecular weight excluding hydrogens is 308 g/mol. The van der Waals surface area contributed by atoms with Gasteiger partial charge in [-0.1, -0.05) is 29.8 Å². The van der Waals surface area contributed by atoms with Crippen molar-refractivity contribution in [2.45, 2.75) is 13.8 Å². The van der Waals surface area contributed by atoms with Gasteiger partial charge in [0.1, 0.15) is 0 Å². The van der Waals surface area contributed by atoms with Gasteiger partial charge in [-0.2, -0.15) is 0 Å². The van der Waals surface area contributed by atoms with Crippen molar-refractivity contribution in [3.63, 3.8) is 0 Å². The third-order valence-corrected chi connectivity index (χ3v) is 4.30. The lowest BCUT2D eigenvalue weighted by atomic mass is 10.1. The maximum Gasteiger partial charge on any atom is 0.267 e. The third kappa shape index (κ3) is 1.95. The number of aromatic nitrogens is 4. The van der Waals surface area contributed by atoms with Crippen LogP contribution in [0.1, 0.15) is 11.1 Å². The summed E-state index contributed by atoms with van der Waals surface area (Å²) in [5.41, 5.74) is 3.62. The summed E-state index contributed by atoms with van der Waals surface area (Å²) < 4.78 is 3.88. The Hall–Kier alpha value is -2.73. The van der Waals surface area contributed by atoms with E-state index in [9.17, 15) is 4.79 Å². The molecule has 0 aliphatic heterocycles. The zero-order chi connectivity index (χ0) is 16.1. The van der Waals surface area contributed by atoms with Gasteiger partial charge in [-0.15, -0.1) is 5.10 Å². The largest absolute Gasteiger partial charge is 0.268 e. The Labute approximate surface area is 136 Å². The fraction of sp³-hybridized carbons (Fsp3) is 0.118. The SMILES string of the molecule is Cc1ccc(-n2c(=O)c3ccccc3n3c(=S)[nH]nc23)c(C)c1. The van der Waals surface area contributed by atoms with Gasteiger partial charge in [0.2, 0.25) is 10.5 Å². The molecule has 0 saturated carbocycles. The van der Waals surface area contributed by atoms with Crippen LogP contribution < -0.4 is 5.56 Å². The second-order valence-corrected chi connectivity index (χ2v) is 6.00. The van der Waals surface area contributed by atoms with Crippen LogP contribution in [0.2, 0.25) is 0 Å². The molecule has 0 aliphatic rings. The van der Waals surface area contributed by atoms with Gasteiger partial charge < -0.3 is 0 Å². The predicted octanol–water partition coefficient (Wildman–Crippen LogP) is 3.31. The lowest BCUT2D eigenvalue weighted by Crippen LogP contribution is -2.22. The smallest absolute Gasteiger partial charge is 0.267 e. The number of nitrogens with zero attached hydrogens (tertiary/aromatic N) is 3. The summed E-state index contributed by atoms with van der Waals surface area (Å²) in [5.74, 6) is 0.491. The molecule has 1 N–H and O–H groups in total. The predicted molar refractivity (Wildman–Crippen MR) is 93.0 cm³/mol. The van der Waals surface area contributed by atoms with Crippen molar-refractivity contribution in [1.82, 2.24) is 19.2 Å². The molecule has 0 radical (unpaired) electrons. The first-order valence-electron chi connectivity index (χ1n) is 7.26. The number of H-pyrrole nitrogens is 1. The van der Waals surface area contributed by atoms with Gasteiger partial charge in [-0.3, -0.25) is 9.20 Å². The van der Waals surface area contributed by atoms with Crippen LogP contribution in [-0.2, 0) is 0 Å². The van der Waals surface area contributed by atoms with Gasteiger partial charge in [0.15, 0.2) is 0 Å². The minimum Gasteiger partial charge on any atom is -0.268 e. The fourth-order valence-electron chi connectivity index (χ4n) is 2.99. The molecule has 0 aliphatic carbocycles. The topological polar surface area (TPSA) is 55.1 Å². The van der Waals surface area contributed by atoms with Gasteiger partial charge in [0.05, 0.1) is 16.6 Å². The molecule has 5 nitrogen and oxygen atoms in total. The molecule has 2 aromatic carbocycles. The van der Waals surface area contributed by atoms with Gasteiger partial charge in [-0.25, -0.2) is 9.67 Å². The zero-order valence-electron chi connectivity index (χ0n) is 12.7. The highest BCUT2D eigenvalue weighted by Crippen LogP contribution is 2.19. The monoisotopic (exact) mass is 322 g/mol. The molecule has 0 amide bonds. The van der Waals surface area contributed by atoms with E-state index in [1.165, 1.54) is 0 Å². The van der Waals surface area contributed by atoms with Gasteiger partial charge in [0.25, 0.3) is 5.56 Å². The minimum atomic E-state index is -0.103. The summed E-state index contributed by atoms with van der Waals surface area (Å²) in [6, 6.07) is 13.4. The molecule has 6 heteroatoms. The maximum absolute atomic E-state index is 13.1. The number of rotatable bonds is 1. The number of fused-ring (bicyclic) bond motifs is 3. The number of aryl methyl sites for hydroxylation is 2. The number of para-hydroxylation sites is 1. The Kier molecular flexibility index (Phi) is 2.96. The van der Waals surface area contributed by atoms with E-state index in [1.807, 2.05) is 50.2 Å². The summed E-state index contributed by atoms with van der Waals surface area (Å²) in [7, 11) is 0. The number of nitrogens with one attached hydrogen (secondary N) is 1. The van der Waals surface area contributed by atoms with Crippen LogP contribution in [0.25, 0.3) is 22.4 Å². The van der Waals surface area contributed by atoms with Crippen LogP contribution in [0.15, 0.2) is 47.3 Å². The maximum atomic E-state index is 13.1. The highest BCUT2D eigenvalue weighted by molar-refractivity contribution is 7.71. The van der Waals surface area contributed by atoms with Crippen molar-refractivity contribution in [2.75, 3.05) is 0 Å². The lowest BCUT2D eigenvalue weighted by molar-refractivity contribution is 0.956. The van der Waals surface area contributed by atoms with E-state index in [4.69, 9.17) is 12.2 Å². The Morgan fingerprint density at radius 2 is 1.91 bits per heavy atom. The third-order valence-electron chi connectivity index (χ3n) is 4.03. The van der Waals surface area contributed by atoms with Crippen LogP contribution in [0.3, 0.4) is 0 Å². The van der Waals surface area contributed by atoms with Gasteiger partial charge in [0, 0.05) is 0 Å². The molecule has 0 spiro atoms. The van der Waals surface area contributed by atoms with Crippen molar-refractivity contribution in [3.8, 4) is 5.69 Å². The second kappa shape index (κ2) is 4.89. The van der Waals surface area contributed by atoms with Crippen LogP contribution in [0, 0.1) is 18.6 Å². The first-order chi connectivity index (χ1) is 11.1. The molecule has 114 valence electrons. The molecule has 0 bridgehead atoms. The minimum absolute atomic E-state index is 0.103. The number of hydrogen-bond acceptors (Lipinski definition) is 3. The van der Waals surface area contributed by atoms with E-state index >= 15 is 0 Å². The second-order valence-electron chi connectivity index (χ2n) is 5.61. The molecule has 0 atom stereocenters. The first-order valence-corrected chi connectivity index (χ1v) is 7.67. The van der Waals surface area contributed by atoms with Crippen LogP contribution >= 0.6 is 12.2 Å². The Balaban J connectivity index is 2.28. The van der Waals surface area contributed by atoms with Crippen molar-refractivity contribution in [2.24, 2.45) is 0 Å². The average molecular weight is 322 g/mol. The van der Waals surface area contributed by atoms with E-state index in [0.717, 1.165) is 22.3 Å². The van der Waals surface area contributed by atoms with Crippen LogP contribution in [-0.4, -0.2) is 19.2 Å². The molecular formula is C17H14N4OS. The Bertz CT molecular complexity index is 1180. The van der Waals surface area contributed by atoms with Crippen LogP contribution in [0.5, 0.6) is 0 Å². The molecule has 2 heterocycles. The quantitative estimate of drug-likeness (QED) is 0.547. The summed E-state index contributed by atoms with van der Waals surface area (Å²) in [4.78, 5) is 13.1. The van der Waals surface area contributed by atoms with Crippen LogP contribution in [0.4, 0.5) is 0 Å². The Morgan fingerprint density at radius 1 is 1.13 bits per heavy atom. The normalized spacial score (nSPS) is 11.4. The molecule has 0 saturated heterocycles. The standard InChI is InChI=1S/C17H14N4OS/c1-10-7-8-13(11(2)9-10)20-15(22)12-5-3-4-6-14(12)21-16(20)18-19-17(21)23/h3-9H,1-2H3,(H,19,23). The fourth-order valence-corrected chi connectivity index (χ4v) is 3.22. The van der Waals surface area contributed by atoms with E-state index in [2.05, 4.69) is 16.3 Å². The highest BCUT2D eigenvalue weighted by atomic mass is 32.1. The molecule has 0 fully saturated rings. The Morgan fingerprint density at radius 3 is 2.70 bits per heavy atom. The van der Waals surface area contributed by atoms with Crippen molar-refractivity contribution in [3.05, 3.63) is 68.7 Å². The highest BCUT2D eigenvalue weighted by Gasteiger charge is 2.15. The van der Waals surface area contributed by atoms with Gasteiger partial charge in [-0.05, 0) is 49.8 Å². The zero-order valence-corrected chi connectivity index (χ0v) is 13.5. The number of benzene rings is 2. The summed E-state index contributed by atoms with van der Waals surface area (Å²) in [5, 5.41) is 7.68. The lowest BCUT2D eigenvalue weighted by Gasteiger charge is -2.12. The number of aromatic amines is 1. The molecule has 4 aromatic rings. The van der Waals surface area contributed by atoms with Gasteiger partial charge >= 0.3 is 0 Å². The van der Waals surface area contributed by atoms with Crippen molar-refractivity contribution < 1.29 is 0 Å². The summed E-state index contributed by atoms with van der Waals surface area (Å²) in [6.45, 7) is 4.02. The number of hydrogen-bond donors (Lipinski definition) is 1. The molecule has 4 rings (SSSR count). The van der Waals surface area contributed by atoms with E-state index in [-0.39, 0.29) is 5.56 Å². The first kappa shape index (κ1) is 13.9. The molecule has 0 unspecified atom stereocenters. The molecule has 2 aromatic heterocycles. The van der Waals surface area contributed by atoms with Crippen molar-refractivity contribution in [1.29, 1.82) is 0 Å². The van der Waals surface area contributed by atoms with E-state index in [0.29, 0.717) is 15.9 Å². The van der Waals surface area contributed by atoms with E-state index < -0.39 is 0 Å². The summed E-state index contributed by atoms with van der Waals surface area (Å²) in [6.07, 6.45) is 0. The summed E-state index contributed by atoms with van der Waals surface area (Å²) >= 11 is 5.35.